The smallest absolute Gasteiger partial charge is 0.243 e. The molecule has 3 rings (SSSR count). The molecule has 0 spiro atoms. The summed E-state index contributed by atoms with van der Waals surface area (Å²) in [6.45, 7) is 1.24. The largest absolute Gasteiger partial charge is 0.495 e. The minimum absolute atomic E-state index is 0.0313. The van der Waals surface area contributed by atoms with Gasteiger partial charge in [-0.3, -0.25) is 4.79 Å². The zero-order valence-corrected chi connectivity index (χ0v) is 12.0. The molecular formula is C17H18N2O2. The molecule has 1 aliphatic heterocycles. The highest BCUT2D eigenvalue weighted by Crippen LogP contribution is 2.27. The van der Waals surface area contributed by atoms with Gasteiger partial charge in [-0.2, -0.15) is 0 Å². The Morgan fingerprint density at radius 3 is 2.81 bits per heavy atom. The lowest BCUT2D eigenvalue weighted by Gasteiger charge is -2.19. The van der Waals surface area contributed by atoms with Gasteiger partial charge in [0.1, 0.15) is 5.75 Å². The lowest BCUT2D eigenvalue weighted by molar-refractivity contribution is -0.115. The van der Waals surface area contributed by atoms with Crippen LogP contribution in [0.15, 0.2) is 48.5 Å². The standard InChI is InChI=1S/C17H18N2O2/c1-21-16-9-5-3-7-14(16)18-17(20)12-19-11-10-13-6-2-4-8-15(13)19/h2-9H,10-12H2,1H3,(H,18,20). The Morgan fingerprint density at radius 2 is 1.95 bits per heavy atom. The van der Waals surface area contributed by atoms with Crippen LogP contribution in [-0.2, 0) is 11.2 Å². The first-order chi connectivity index (χ1) is 10.3. The van der Waals surface area contributed by atoms with E-state index in [0.29, 0.717) is 18.0 Å². The van der Waals surface area contributed by atoms with E-state index in [2.05, 4.69) is 22.3 Å². The van der Waals surface area contributed by atoms with E-state index in [4.69, 9.17) is 4.74 Å². The molecular weight excluding hydrogens is 264 g/mol. The first-order valence-electron chi connectivity index (χ1n) is 7.03. The Bertz CT molecular complexity index is 655. The molecule has 0 fully saturated rings. The lowest BCUT2D eigenvalue weighted by Crippen LogP contribution is -2.31. The molecule has 2 aromatic rings. The van der Waals surface area contributed by atoms with Crippen LogP contribution in [0.1, 0.15) is 5.56 Å². The molecule has 0 atom stereocenters. The van der Waals surface area contributed by atoms with Crippen molar-refractivity contribution in [1.82, 2.24) is 0 Å². The Hall–Kier alpha value is -2.49. The van der Waals surface area contributed by atoms with Gasteiger partial charge in [0.2, 0.25) is 5.91 Å². The van der Waals surface area contributed by atoms with Crippen molar-refractivity contribution in [2.45, 2.75) is 6.42 Å². The van der Waals surface area contributed by atoms with Crippen molar-refractivity contribution in [3.05, 3.63) is 54.1 Å². The number of methoxy groups -OCH3 is 1. The van der Waals surface area contributed by atoms with Crippen LogP contribution in [0.25, 0.3) is 0 Å². The quantitative estimate of drug-likeness (QED) is 0.937. The van der Waals surface area contributed by atoms with Crippen molar-refractivity contribution >= 4 is 17.3 Å². The van der Waals surface area contributed by atoms with Crippen molar-refractivity contribution in [3.8, 4) is 5.75 Å². The summed E-state index contributed by atoms with van der Waals surface area (Å²) in [5.41, 5.74) is 3.17. The molecule has 1 N–H and O–H groups in total. The molecule has 108 valence electrons. The third kappa shape index (κ3) is 2.84. The fourth-order valence-corrected chi connectivity index (χ4v) is 2.68. The summed E-state index contributed by atoms with van der Waals surface area (Å²) in [5.74, 6) is 0.642. The summed E-state index contributed by atoms with van der Waals surface area (Å²) in [6.07, 6.45) is 0.998. The summed E-state index contributed by atoms with van der Waals surface area (Å²) in [6, 6.07) is 15.7. The van der Waals surface area contributed by atoms with E-state index >= 15 is 0 Å². The van der Waals surface area contributed by atoms with Crippen LogP contribution in [0.2, 0.25) is 0 Å². The van der Waals surface area contributed by atoms with Crippen molar-refractivity contribution in [1.29, 1.82) is 0 Å². The van der Waals surface area contributed by atoms with Crippen LogP contribution in [0.3, 0.4) is 0 Å². The molecule has 1 amide bonds. The van der Waals surface area contributed by atoms with Crippen LogP contribution in [0, 0.1) is 0 Å². The van der Waals surface area contributed by atoms with Gasteiger partial charge < -0.3 is 15.0 Å². The molecule has 0 unspecified atom stereocenters. The maximum Gasteiger partial charge on any atom is 0.243 e. The van der Waals surface area contributed by atoms with E-state index in [0.717, 1.165) is 18.7 Å². The van der Waals surface area contributed by atoms with Gasteiger partial charge in [0.15, 0.2) is 0 Å². The van der Waals surface area contributed by atoms with Gasteiger partial charge in [0.05, 0.1) is 19.3 Å². The van der Waals surface area contributed by atoms with Gasteiger partial charge in [-0.25, -0.2) is 0 Å². The van der Waals surface area contributed by atoms with Crippen molar-refractivity contribution in [3.63, 3.8) is 0 Å². The normalized spacial score (nSPS) is 12.9. The summed E-state index contributed by atoms with van der Waals surface area (Å²) in [5, 5.41) is 2.91. The number of benzene rings is 2. The monoisotopic (exact) mass is 282 g/mol. The highest BCUT2D eigenvalue weighted by Gasteiger charge is 2.20. The molecule has 0 radical (unpaired) electrons. The summed E-state index contributed by atoms with van der Waals surface area (Å²) in [4.78, 5) is 14.3. The topological polar surface area (TPSA) is 41.6 Å². The summed E-state index contributed by atoms with van der Waals surface area (Å²) in [7, 11) is 1.60. The number of ether oxygens (including phenoxy) is 1. The third-order valence-electron chi connectivity index (χ3n) is 3.70. The average molecular weight is 282 g/mol. The Labute approximate surface area is 124 Å². The number of rotatable bonds is 4. The molecule has 21 heavy (non-hydrogen) atoms. The minimum Gasteiger partial charge on any atom is -0.495 e. The number of carbonyl (C=O) groups is 1. The second-order valence-corrected chi connectivity index (χ2v) is 5.05. The highest BCUT2D eigenvalue weighted by molar-refractivity contribution is 5.95. The zero-order valence-electron chi connectivity index (χ0n) is 12.0. The predicted octanol–water partition coefficient (Wildman–Crippen LogP) is 2.70. The van der Waals surface area contributed by atoms with Crippen LogP contribution < -0.4 is 15.0 Å². The minimum atomic E-state index is -0.0313. The number of para-hydroxylation sites is 3. The van der Waals surface area contributed by atoms with Crippen LogP contribution in [0.5, 0.6) is 5.75 Å². The Balaban J connectivity index is 1.68. The van der Waals surface area contributed by atoms with Gasteiger partial charge in [0, 0.05) is 12.2 Å². The molecule has 0 bridgehead atoms. The number of nitrogens with one attached hydrogen (secondary N) is 1. The number of amides is 1. The molecule has 0 aliphatic carbocycles. The second kappa shape index (κ2) is 5.87. The number of fused-ring (bicyclic) bond motifs is 1. The van der Waals surface area contributed by atoms with E-state index in [-0.39, 0.29) is 5.91 Å². The molecule has 2 aromatic carbocycles. The van der Waals surface area contributed by atoms with Gasteiger partial charge in [-0.15, -0.1) is 0 Å². The molecule has 4 heteroatoms. The predicted molar refractivity (Wildman–Crippen MR) is 84.0 cm³/mol. The molecule has 4 nitrogen and oxygen atoms in total. The molecule has 0 saturated carbocycles. The number of carbonyl (C=O) groups excluding carboxylic acids is 1. The Kier molecular flexibility index (Phi) is 3.77. The molecule has 1 heterocycles. The van der Waals surface area contributed by atoms with E-state index in [1.165, 1.54) is 5.56 Å². The van der Waals surface area contributed by atoms with Gasteiger partial charge in [-0.05, 0) is 30.2 Å². The number of anilines is 2. The van der Waals surface area contributed by atoms with E-state index in [9.17, 15) is 4.79 Å². The maximum absolute atomic E-state index is 12.2. The fraction of sp³-hybridized carbons (Fsp3) is 0.235. The van der Waals surface area contributed by atoms with Gasteiger partial charge >= 0.3 is 0 Å². The molecule has 0 saturated heterocycles. The van der Waals surface area contributed by atoms with Gasteiger partial charge in [-0.1, -0.05) is 30.3 Å². The number of nitrogens with zero attached hydrogens (tertiary/aromatic N) is 1. The van der Waals surface area contributed by atoms with E-state index in [1.807, 2.05) is 36.4 Å². The summed E-state index contributed by atoms with van der Waals surface area (Å²) >= 11 is 0. The van der Waals surface area contributed by atoms with Crippen molar-refractivity contribution < 1.29 is 9.53 Å². The third-order valence-corrected chi connectivity index (χ3v) is 3.70. The number of hydrogen-bond donors (Lipinski definition) is 1. The van der Waals surface area contributed by atoms with E-state index < -0.39 is 0 Å². The Morgan fingerprint density at radius 1 is 1.19 bits per heavy atom. The summed E-state index contributed by atoms with van der Waals surface area (Å²) < 4.78 is 5.24. The maximum atomic E-state index is 12.2. The SMILES string of the molecule is COc1ccccc1NC(=O)CN1CCc2ccccc21. The zero-order chi connectivity index (χ0) is 14.7. The fourth-order valence-electron chi connectivity index (χ4n) is 2.68. The molecule has 0 aromatic heterocycles. The van der Waals surface area contributed by atoms with E-state index in [1.54, 1.807) is 7.11 Å². The average Bonchev–Trinajstić information content (AvgIpc) is 2.91. The van der Waals surface area contributed by atoms with Crippen molar-refractivity contribution in [2.75, 3.05) is 30.4 Å². The van der Waals surface area contributed by atoms with Crippen LogP contribution in [-0.4, -0.2) is 26.1 Å². The number of hydrogen-bond acceptors (Lipinski definition) is 3. The first kappa shape index (κ1) is 13.5. The van der Waals surface area contributed by atoms with Crippen molar-refractivity contribution in [2.24, 2.45) is 0 Å². The first-order valence-corrected chi connectivity index (χ1v) is 7.03. The van der Waals surface area contributed by atoms with Crippen LogP contribution >= 0.6 is 0 Å². The van der Waals surface area contributed by atoms with Gasteiger partial charge in [0.25, 0.3) is 0 Å². The molecule has 1 aliphatic rings. The highest BCUT2D eigenvalue weighted by atomic mass is 16.5. The van der Waals surface area contributed by atoms with Crippen LogP contribution in [0.4, 0.5) is 11.4 Å². The second-order valence-electron chi connectivity index (χ2n) is 5.05. The lowest BCUT2D eigenvalue weighted by atomic mass is 10.2.